The molecule has 25 heavy (non-hydrogen) atoms. The van der Waals surface area contributed by atoms with Gasteiger partial charge in [-0.1, -0.05) is 56.9 Å². The number of carbonyl (C=O) groups is 1. The molecule has 2 aliphatic rings. The van der Waals surface area contributed by atoms with Gasteiger partial charge in [-0.25, -0.2) is 4.79 Å². The van der Waals surface area contributed by atoms with Gasteiger partial charge < -0.3 is 15.7 Å². The van der Waals surface area contributed by atoms with Crippen molar-refractivity contribution in [3.63, 3.8) is 0 Å². The summed E-state index contributed by atoms with van der Waals surface area (Å²) in [4.78, 5) is 22.3. The van der Waals surface area contributed by atoms with Crippen LogP contribution in [0.15, 0.2) is 11.1 Å². The smallest absolute Gasteiger partial charge is 0.332 e. The van der Waals surface area contributed by atoms with E-state index in [1.54, 1.807) is 0 Å². The number of hydrogen-bond acceptors (Lipinski definition) is 3. The van der Waals surface area contributed by atoms with E-state index in [4.69, 9.17) is 5.73 Å². The maximum atomic E-state index is 12.8. The van der Waals surface area contributed by atoms with Crippen LogP contribution in [0.1, 0.15) is 77.6 Å². The summed E-state index contributed by atoms with van der Waals surface area (Å²) in [7, 11) is -3.73. The Bertz CT molecular complexity index is 534. The molecule has 2 aliphatic carbocycles. The van der Waals surface area contributed by atoms with E-state index >= 15 is 0 Å². The van der Waals surface area contributed by atoms with E-state index in [0.717, 1.165) is 56.9 Å². The zero-order valence-electron chi connectivity index (χ0n) is 15.5. The number of carboxylic acid groups (broad SMARTS) is 1. The van der Waals surface area contributed by atoms with Crippen molar-refractivity contribution in [2.75, 3.05) is 6.16 Å². The minimum Gasteiger partial charge on any atom is -0.478 e. The fourth-order valence-electron chi connectivity index (χ4n) is 4.42. The first-order valence-electron chi connectivity index (χ1n) is 9.81. The molecule has 0 radical (unpaired) electrons. The second-order valence-corrected chi connectivity index (χ2v) is 10.5. The SMILES string of the molecule is C/C(=C(/CP(=O)(O)C(N)CC1CCCCC1)C(=O)O)C1CCCCC1. The molecule has 0 heterocycles. The maximum Gasteiger partial charge on any atom is 0.332 e. The summed E-state index contributed by atoms with van der Waals surface area (Å²) in [6.07, 6.45) is 11.3. The van der Waals surface area contributed by atoms with Crippen LogP contribution in [0.3, 0.4) is 0 Å². The highest BCUT2D eigenvalue weighted by atomic mass is 31.2. The average molecular weight is 371 g/mol. The van der Waals surface area contributed by atoms with Crippen molar-refractivity contribution in [1.82, 2.24) is 0 Å². The maximum absolute atomic E-state index is 12.8. The summed E-state index contributed by atoms with van der Waals surface area (Å²) in [6.45, 7) is 1.83. The van der Waals surface area contributed by atoms with Crippen LogP contribution >= 0.6 is 7.37 Å². The Morgan fingerprint density at radius 3 is 2.12 bits per heavy atom. The Kier molecular flexibility index (Phi) is 7.72. The predicted octanol–water partition coefficient (Wildman–Crippen LogP) is 4.49. The van der Waals surface area contributed by atoms with Gasteiger partial charge in [-0.3, -0.25) is 4.57 Å². The fraction of sp³-hybridized carbons (Fsp3) is 0.842. The van der Waals surface area contributed by atoms with Gasteiger partial charge in [-0.2, -0.15) is 0 Å². The third kappa shape index (κ3) is 5.94. The van der Waals surface area contributed by atoms with E-state index in [1.807, 2.05) is 6.92 Å². The van der Waals surface area contributed by atoms with Crippen molar-refractivity contribution in [2.24, 2.45) is 17.6 Å². The van der Waals surface area contributed by atoms with Crippen LogP contribution in [0.4, 0.5) is 0 Å². The lowest BCUT2D eigenvalue weighted by Gasteiger charge is -2.28. The van der Waals surface area contributed by atoms with E-state index in [9.17, 15) is 19.4 Å². The number of allylic oxidation sites excluding steroid dienone is 1. The first-order chi connectivity index (χ1) is 11.8. The number of aliphatic carboxylic acids is 1. The predicted molar refractivity (Wildman–Crippen MR) is 101 cm³/mol. The summed E-state index contributed by atoms with van der Waals surface area (Å²) in [5, 5.41) is 9.61. The molecule has 2 rings (SSSR count). The molecule has 0 saturated heterocycles. The molecule has 0 bridgehead atoms. The summed E-state index contributed by atoms with van der Waals surface area (Å²) in [5.74, 6) is -1.25. The lowest BCUT2D eigenvalue weighted by Crippen LogP contribution is -2.27. The van der Waals surface area contributed by atoms with Gasteiger partial charge in [0.05, 0.1) is 11.9 Å². The Balaban J connectivity index is 2.07. The van der Waals surface area contributed by atoms with Gasteiger partial charge in [0.2, 0.25) is 7.37 Å². The second-order valence-electron chi connectivity index (χ2n) is 8.02. The molecule has 2 saturated carbocycles. The molecule has 6 heteroatoms. The van der Waals surface area contributed by atoms with E-state index < -0.39 is 19.1 Å². The topological polar surface area (TPSA) is 101 Å². The highest BCUT2D eigenvalue weighted by molar-refractivity contribution is 7.59. The van der Waals surface area contributed by atoms with Gasteiger partial charge in [0.25, 0.3) is 0 Å². The molecule has 5 nitrogen and oxygen atoms in total. The van der Waals surface area contributed by atoms with Gasteiger partial charge in [-0.15, -0.1) is 0 Å². The van der Waals surface area contributed by atoms with Crippen molar-refractivity contribution in [3.05, 3.63) is 11.1 Å². The van der Waals surface area contributed by atoms with Crippen LogP contribution in [0.2, 0.25) is 0 Å². The van der Waals surface area contributed by atoms with E-state index in [2.05, 4.69) is 0 Å². The molecule has 0 aromatic rings. The summed E-state index contributed by atoms with van der Waals surface area (Å²) in [6, 6.07) is 0. The molecule has 0 aromatic carbocycles. The molecule has 0 amide bonds. The molecule has 0 aromatic heterocycles. The quantitative estimate of drug-likeness (QED) is 0.452. The monoisotopic (exact) mass is 371 g/mol. The molecule has 4 N–H and O–H groups in total. The standard InChI is InChI=1S/C19H34NO4P/c1-14(16-10-6-3-7-11-16)17(19(21)22)13-25(23,24)18(20)12-15-8-4-2-5-9-15/h15-16,18H,2-13,20H2,1H3,(H,21,22)(H,23,24)/b17-14+. The lowest BCUT2D eigenvalue weighted by atomic mass is 9.82. The first-order valence-corrected chi connectivity index (χ1v) is 11.7. The Morgan fingerprint density at radius 2 is 1.60 bits per heavy atom. The molecule has 0 aliphatic heterocycles. The highest BCUT2D eigenvalue weighted by Crippen LogP contribution is 2.49. The van der Waals surface area contributed by atoms with Gasteiger partial charge in [0.15, 0.2) is 0 Å². The number of rotatable bonds is 7. The largest absolute Gasteiger partial charge is 0.478 e. The Hall–Kier alpha value is -0.640. The van der Waals surface area contributed by atoms with Crippen molar-refractivity contribution >= 4 is 13.3 Å². The number of nitrogens with two attached hydrogens (primary N) is 1. The minimum absolute atomic E-state index is 0.122. The van der Waals surface area contributed by atoms with Crippen LogP contribution < -0.4 is 5.73 Å². The number of hydrogen-bond donors (Lipinski definition) is 3. The van der Waals surface area contributed by atoms with Crippen LogP contribution in [0, 0.1) is 11.8 Å². The third-order valence-electron chi connectivity index (χ3n) is 6.15. The highest BCUT2D eigenvalue weighted by Gasteiger charge is 2.34. The zero-order chi connectivity index (χ0) is 18.4. The van der Waals surface area contributed by atoms with Crippen molar-refractivity contribution in [2.45, 2.75) is 83.3 Å². The van der Waals surface area contributed by atoms with E-state index in [0.29, 0.717) is 12.3 Å². The van der Waals surface area contributed by atoms with Crippen LogP contribution in [0.5, 0.6) is 0 Å². The van der Waals surface area contributed by atoms with Crippen molar-refractivity contribution in [3.8, 4) is 0 Å². The lowest BCUT2D eigenvalue weighted by molar-refractivity contribution is -0.132. The molecule has 0 spiro atoms. The van der Waals surface area contributed by atoms with Crippen molar-refractivity contribution < 1.29 is 19.4 Å². The zero-order valence-corrected chi connectivity index (χ0v) is 16.3. The Labute approximate surface area is 151 Å². The molecule has 2 unspecified atom stereocenters. The van der Waals surface area contributed by atoms with Gasteiger partial charge in [0, 0.05) is 5.57 Å². The summed E-state index contributed by atoms with van der Waals surface area (Å²) in [5.41, 5.74) is 6.99. The molecular weight excluding hydrogens is 337 g/mol. The summed E-state index contributed by atoms with van der Waals surface area (Å²) >= 11 is 0. The van der Waals surface area contributed by atoms with Crippen LogP contribution in [-0.4, -0.2) is 27.9 Å². The van der Waals surface area contributed by atoms with Gasteiger partial charge >= 0.3 is 5.97 Å². The number of carboxylic acids is 1. The van der Waals surface area contributed by atoms with Crippen LogP contribution in [0.25, 0.3) is 0 Å². The molecule has 2 fully saturated rings. The fourth-order valence-corrected chi connectivity index (χ4v) is 6.12. The summed E-state index contributed by atoms with van der Waals surface area (Å²) < 4.78 is 12.8. The molecule has 2 atom stereocenters. The normalized spacial score (nSPS) is 25.1. The van der Waals surface area contributed by atoms with E-state index in [-0.39, 0.29) is 17.7 Å². The minimum atomic E-state index is -3.73. The van der Waals surface area contributed by atoms with Gasteiger partial charge in [-0.05, 0) is 38.0 Å². The average Bonchev–Trinajstić information content (AvgIpc) is 2.60. The van der Waals surface area contributed by atoms with Crippen molar-refractivity contribution in [1.29, 1.82) is 0 Å². The molecule has 144 valence electrons. The van der Waals surface area contributed by atoms with Crippen LogP contribution in [-0.2, 0) is 9.36 Å². The molecular formula is C19H34NO4P. The van der Waals surface area contributed by atoms with Gasteiger partial charge in [0.1, 0.15) is 0 Å². The Morgan fingerprint density at radius 1 is 1.08 bits per heavy atom. The first kappa shape index (κ1) is 20.7. The third-order valence-corrected chi connectivity index (χ3v) is 8.17. The second kappa shape index (κ2) is 9.34. The van der Waals surface area contributed by atoms with E-state index in [1.165, 1.54) is 12.8 Å².